The first-order chi connectivity index (χ1) is 10.5. The smallest absolute Gasteiger partial charge is 0.350 e. The molecule has 0 aliphatic rings. The minimum absolute atomic E-state index is 0.185. The number of halogens is 1. The molecule has 0 saturated carbocycles. The molecule has 0 radical (unpaired) electrons. The first kappa shape index (κ1) is 15.8. The molecule has 2 aromatic rings. The van der Waals surface area contributed by atoms with E-state index in [0.717, 1.165) is 10.8 Å². The van der Waals surface area contributed by atoms with Crippen molar-refractivity contribution in [3.8, 4) is 5.75 Å². The molecule has 1 heterocycles. The summed E-state index contributed by atoms with van der Waals surface area (Å²) in [7, 11) is 0. The van der Waals surface area contributed by atoms with Crippen LogP contribution in [0.3, 0.4) is 0 Å². The number of aromatic amines is 1. The van der Waals surface area contributed by atoms with E-state index in [0.29, 0.717) is 23.8 Å². The van der Waals surface area contributed by atoms with Crippen molar-refractivity contribution in [1.29, 1.82) is 0 Å². The van der Waals surface area contributed by atoms with Gasteiger partial charge in [0, 0.05) is 11.6 Å². The summed E-state index contributed by atoms with van der Waals surface area (Å²) in [6.07, 6.45) is 1.37. The number of hydrogen-bond donors (Lipinski definition) is 1. The van der Waals surface area contributed by atoms with Gasteiger partial charge in [-0.05, 0) is 30.7 Å². The summed E-state index contributed by atoms with van der Waals surface area (Å²) in [5.74, 6) is 0.629. The van der Waals surface area contributed by atoms with E-state index in [1.165, 1.54) is 0 Å². The van der Waals surface area contributed by atoms with Crippen molar-refractivity contribution in [2.24, 2.45) is 0 Å². The molecule has 8 nitrogen and oxygen atoms in total. The Labute approximate surface area is 129 Å². The van der Waals surface area contributed by atoms with E-state index >= 15 is 0 Å². The van der Waals surface area contributed by atoms with Crippen molar-refractivity contribution in [3.63, 3.8) is 0 Å². The summed E-state index contributed by atoms with van der Waals surface area (Å²) < 4.78 is 6.52. The van der Waals surface area contributed by atoms with Crippen LogP contribution in [0, 0.1) is 10.1 Å². The number of rotatable bonds is 6. The van der Waals surface area contributed by atoms with Crippen LogP contribution >= 0.6 is 11.6 Å². The maximum atomic E-state index is 11.5. The third-order valence-electron chi connectivity index (χ3n) is 2.81. The molecular weight excluding hydrogens is 314 g/mol. The summed E-state index contributed by atoms with van der Waals surface area (Å²) in [4.78, 5) is 34.5. The highest BCUT2D eigenvalue weighted by Gasteiger charge is 2.14. The van der Waals surface area contributed by atoms with Gasteiger partial charge in [-0.3, -0.25) is 24.5 Å². The number of benzene rings is 1. The fourth-order valence-electron chi connectivity index (χ4n) is 1.75. The maximum absolute atomic E-state index is 11.5. The molecule has 0 fully saturated rings. The van der Waals surface area contributed by atoms with Gasteiger partial charge in [0.05, 0.1) is 17.7 Å². The van der Waals surface area contributed by atoms with E-state index in [1.807, 2.05) is 4.98 Å². The third-order valence-corrected chi connectivity index (χ3v) is 3.07. The normalized spacial score (nSPS) is 10.4. The van der Waals surface area contributed by atoms with Gasteiger partial charge in [-0.15, -0.1) is 0 Å². The molecule has 0 unspecified atom stereocenters. The molecule has 0 saturated heterocycles. The predicted octanol–water partition coefficient (Wildman–Crippen LogP) is 1.57. The van der Waals surface area contributed by atoms with Gasteiger partial charge >= 0.3 is 16.9 Å². The zero-order valence-corrected chi connectivity index (χ0v) is 12.1. The summed E-state index contributed by atoms with van der Waals surface area (Å²) >= 11 is 5.75. The van der Waals surface area contributed by atoms with Crippen molar-refractivity contribution >= 4 is 17.3 Å². The molecule has 0 spiro atoms. The number of H-pyrrole nitrogens is 1. The summed E-state index contributed by atoms with van der Waals surface area (Å²) in [6, 6.07) is 6.79. The lowest BCUT2D eigenvalue weighted by Crippen LogP contribution is -2.31. The van der Waals surface area contributed by atoms with Crippen LogP contribution in [0.15, 0.2) is 40.1 Å². The van der Waals surface area contributed by atoms with Crippen LogP contribution in [0.2, 0.25) is 5.02 Å². The van der Waals surface area contributed by atoms with Gasteiger partial charge in [0.25, 0.3) is 0 Å². The highest BCUT2D eigenvalue weighted by atomic mass is 35.5. The molecule has 0 atom stereocenters. The number of nitrogens with one attached hydrogen (secondary N) is 1. The quantitative estimate of drug-likeness (QED) is 0.492. The minimum atomic E-state index is -1.01. The van der Waals surface area contributed by atoms with Crippen molar-refractivity contribution in [1.82, 2.24) is 9.55 Å². The number of aromatic nitrogens is 2. The molecule has 1 N–H and O–H groups in total. The SMILES string of the molecule is O=c1[nH]c(=O)n(CCCOc2ccc(Cl)cc2)cc1[N+](=O)[O-]. The number of hydrogen-bond acceptors (Lipinski definition) is 5. The molecule has 0 bridgehead atoms. The number of ether oxygens (including phenoxy) is 1. The maximum Gasteiger partial charge on any atom is 0.350 e. The topological polar surface area (TPSA) is 107 Å². The number of nitrogens with zero attached hydrogens (tertiary/aromatic N) is 2. The Morgan fingerprint density at radius 1 is 1.27 bits per heavy atom. The average molecular weight is 326 g/mol. The van der Waals surface area contributed by atoms with Gasteiger partial charge in [0.2, 0.25) is 0 Å². The Bertz CT molecular complexity index is 781. The highest BCUT2D eigenvalue weighted by molar-refractivity contribution is 6.30. The third kappa shape index (κ3) is 3.95. The molecule has 0 aliphatic heterocycles. The van der Waals surface area contributed by atoms with Crippen LogP contribution in [0.25, 0.3) is 0 Å². The second-order valence-electron chi connectivity index (χ2n) is 4.38. The molecular formula is C13H12ClN3O5. The van der Waals surface area contributed by atoms with E-state index in [1.54, 1.807) is 24.3 Å². The fourth-order valence-corrected chi connectivity index (χ4v) is 1.88. The second-order valence-corrected chi connectivity index (χ2v) is 4.82. The molecule has 1 aromatic heterocycles. The Balaban J connectivity index is 1.95. The second kappa shape index (κ2) is 6.90. The molecule has 0 aliphatic carbocycles. The average Bonchev–Trinajstić information content (AvgIpc) is 2.47. The van der Waals surface area contributed by atoms with Crippen LogP contribution in [-0.2, 0) is 6.54 Å². The van der Waals surface area contributed by atoms with Gasteiger partial charge in [-0.2, -0.15) is 0 Å². The fraction of sp³-hybridized carbons (Fsp3) is 0.231. The standard InChI is InChI=1S/C13H12ClN3O5/c14-9-2-4-10(5-3-9)22-7-1-6-16-8-11(17(20)21)12(18)15-13(16)19/h2-5,8H,1,6-7H2,(H,15,18,19). The van der Waals surface area contributed by atoms with E-state index < -0.39 is 21.9 Å². The highest BCUT2D eigenvalue weighted by Crippen LogP contribution is 2.15. The molecule has 22 heavy (non-hydrogen) atoms. The van der Waals surface area contributed by atoms with Crippen LogP contribution in [0.5, 0.6) is 5.75 Å². The van der Waals surface area contributed by atoms with E-state index in [9.17, 15) is 19.7 Å². The first-order valence-electron chi connectivity index (χ1n) is 6.34. The van der Waals surface area contributed by atoms with Crippen LogP contribution in [0.1, 0.15) is 6.42 Å². The lowest BCUT2D eigenvalue weighted by Gasteiger charge is -2.07. The van der Waals surface area contributed by atoms with E-state index in [4.69, 9.17) is 16.3 Å². The van der Waals surface area contributed by atoms with Crippen LogP contribution < -0.4 is 16.0 Å². The number of aryl methyl sites for hydroxylation is 1. The monoisotopic (exact) mass is 325 g/mol. The van der Waals surface area contributed by atoms with Crippen molar-refractivity contribution in [2.45, 2.75) is 13.0 Å². The van der Waals surface area contributed by atoms with E-state index in [-0.39, 0.29) is 6.54 Å². The summed E-state index contributed by atoms with van der Waals surface area (Å²) in [5, 5.41) is 11.3. The molecule has 1 aromatic carbocycles. The van der Waals surface area contributed by atoms with E-state index in [2.05, 4.69) is 0 Å². The zero-order valence-electron chi connectivity index (χ0n) is 11.3. The molecule has 2 rings (SSSR count). The van der Waals surface area contributed by atoms with Crippen LogP contribution in [-0.4, -0.2) is 21.1 Å². The Morgan fingerprint density at radius 2 is 1.95 bits per heavy atom. The molecule has 0 amide bonds. The van der Waals surface area contributed by atoms with Gasteiger partial charge in [0.15, 0.2) is 0 Å². The van der Waals surface area contributed by atoms with Crippen molar-refractivity contribution in [3.05, 3.63) is 66.4 Å². The minimum Gasteiger partial charge on any atom is -0.494 e. The van der Waals surface area contributed by atoms with Gasteiger partial charge in [0.1, 0.15) is 5.75 Å². The Morgan fingerprint density at radius 3 is 2.59 bits per heavy atom. The molecule has 116 valence electrons. The lowest BCUT2D eigenvalue weighted by molar-refractivity contribution is -0.386. The zero-order chi connectivity index (χ0) is 16.1. The Hall–Kier alpha value is -2.61. The Kier molecular flexibility index (Phi) is 4.95. The largest absolute Gasteiger partial charge is 0.494 e. The van der Waals surface area contributed by atoms with Gasteiger partial charge < -0.3 is 4.74 Å². The van der Waals surface area contributed by atoms with Gasteiger partial charge in [-0.1, -0.05) is 11.6 Å². The van der Waals surface area contributed by atoms with Gasteiger partial charge in [-0.25, -0.2) is 4.79 Å². The summed E-state index contributed by atoms with van der Waals surface area (Å²) in [5.41, 5.74) is -2.37. The molecule has 9 heteroatoms. The van der Waals surface area contributed by atoms with Crippen LogP contribution in [0.4, 0.5) is 5.69 Å². The number of nitro groups is 1. The summed E-state index contributed by atoms with van der Waals surface area (Å²) in [6.45, 7) is 0.491. The van der Waals surface area contributed by atoms with Crippen molar-refractivity contribution in [2.75, 3.05) is 6.61 Å². The lowest BCUT2D eigenvalue weighted by atomic mass is 10.3. The first-order valence-corrected chi connectivity index (χ1v) is 6.71. The predicted molar refractivity (Wildman–Crippen MR) is 79.5 cm³/mol. The van der Waals surface area contributed by atoms with Crippen molar-refractivity contribution < 1.29 is 9.66 Å².